The summed E-state index contributed by atoms with van der Waals surface area (Å²) >= 11 is 0. The number of nitrogens with zero attached hydrogens (tertiary/aromatic N) is 1. The van der Waals surface area contributed by atoms with Crippen molar-refractivity contribution in [3.05, 3.63) is 188 Å². The van der Waals surface area contributed by atoms with E-state index < -0.39 is 0 Å². The molecule has 0 aliphatic rings. The molecule has 43 heavy (non-hydrogen) atoms. The zero-order chi connectivity index (χ0) is 28.8. The number of para-hydroxylation sites is 1. The van der Waals surface area contributed by atoms with E-state index in [1.54, 1.807) is 0 Å². The maximum atomic E-state index is 2.43. The average molecular weight is 550 g/mol. The molecule has 0 heterocycles. The number of benzene rings is 7. The lowest BCUT2D eigenvalue weighted by Gasteiger charge is -2.31. The van der Waals surface area contributed by atoms with Crippen molar-refractivity contribution in [3.63, 3.8) is 0 Å². The van der Waals surface area contributed by atoms with E-state index in [1.807, 2.05) is 0 Å². The number of hydrogen-bond donors (Lipinski definition) is 0. The van der Waals surface area contributed by atoms with Gasteiger partial charge >= 0.3 is 0 Å². The standard InChI is InChI=1S/C42H31N/c1-5-16-32(17-6-1)36-24-15-25-38(30-36)43(41-27-14-13-26-39(41)34-20-9-3-10-21-34)42-31-37(33-18-7-2-8-19-33)28-29-40(42)35-22-11-4-12-23-35/h1-31H. The molecule has 7 rings (SSSR count). The van der Waals surface area contributed by atoms with E-state index in [-0.39, 0.29) is 0 Å². The Morgan fingerprint density at radius 1 is 0.256 bits per heavy atom. The Morgan fingerprint density at radius 2 is 0.698 bits per heavy atom. The number of rotatable bonds is 7. The topological polar surface area (TPSA) is 3.24 Å². The summed E-state index contributed by atoms with van der Waals surface area (Å²) in [6.07, 6.45) is 0. The molecule has 0 aliphatic carbocycles. The van der Waals surface area contributed by atoms with Gasteiger partial charge in [0.2, 0.25) is 0 Å². The van der Waals surface area contributed by atoms with E-state index >= 15 is 0 Å². The quantitative estimate of drug-likeness (QED) is 0.191. The first kappa shape index (κ1) is 26.3. The van der Waals surface area contributed by atoms with E-state index in [0.717, 1.165) is 17.1 Å². The lowest BCUT2D eigenvalue weighted by atomic mass is 9.95. The van der Waals surface area contributed by atoms with Crippen LogP contribution in [0.5, 0.6) is 0 Å². The molecule has 1 heteroatoms. The summed E-state index contributed by atoms with van der Waals surface area (Å²) in [5.74, 6) is 0. The Morgan fingerprint density at radius 3 is 1.28 bits per heavy atom. The van der Waals surface area contributed by atoms with Crippen molar-refractivity contribution in [3.8, 4) is 44.5 Å². The van der Waals surface area contributed by atoms with Crippen LogP contribution in [0.1, 0.15) is 0 Å². The molecule has 0 bridgehead atoms. The molecule has 0 aliphatic heterocycles. The lowest BCUT2D eigenvalue weighted by Crippen LogP contribution is -2.13. The van der Waals surface area contributed by atoms with Crippen molar-refractivity contribution in [1.82, 2.24) is 0 Å². The highest BCUT2D eigenvalue weighted by Crippen LogP contribution is 2.46. The van der Waals surface area contributed by atoms with Crippen LogP contribution in [0.15, 0.2) is 188 Å². The Kier molecular flexibility index (Phi) is 7.36. The van der Waals surface area contributed by atoms with Crippen molar-refractivity contribution in [2.75, 3.05) is 4.90 Å². The average Bonchev–Trinajstić information content (AvgIpc) is 3.10. The SMILES string of the molecule is c1ccc(-c2cccc(N(c3ccccc3-c3ccccc3)c3cc(-c4ccccc4)ccc3-c3ccccc3)c2)cc1. The summed E-state index contributed by atoms with van der Waals surface area (Å²) in [5, 5.41) is 0. The van der Waals surface area contributed by atoms with Crippen molar-refractivity contribution in [2.24, 2.45) is 0 Å². The second-order valence-electron chi connectivity index (χ2n) is 10.6. The van der Waals surface area contributed by atoms with E-state index in [2.05, 4.69) is 193 Å². The van der Waals surface area contributed by atoms with Gasteiger partial charge < -0.3 is 4.90 Å². The molecule has 0 aromatic heterocycles. The Balaban J connectivity index is 1.52. The van der Waals surface area contributed by atoms with E-state index in [1.165, 1.54) is 44.5 Å². The summed E-state index contributed by atoms with van der Waals surface area (Å²) in [7, 11) is 0. The van der Waals surface area contributed by atoms with Crippen LogP contribution >= 0.6 is 0 Å². The van der Waals surface area contributed by atoms with Crippen LogP contribution in [-0.2, 0) is 0 Å². The fourth-order valence-electron chi connectivity index (χ4n) is 5.78. The Hall–Kier alpha value is -5.66. The summed E-state index contributed by atoms with van der Waals surface area (Å²) in [4.78, 5) is 2.43. The van der Waals surface area contributed by atoms with Crippen LogP contribution in [-0.4, -0.2) is 0 Å². The maximum Gasteiger partial charge on any atom is 0.0546 e. The molecular weight excluding hydrogens is 518 g/mol. The fourth-order valence-corrected chi connectivity index (χ4v) is 5.78. The second kappa shape index (κ2) is 12.1. The van der Waals surface area contributed by atoms with Gasteiger partial charge in [-0.2, -0.15) is 0 Å². The maximum absolute atomic E-state index is 2.43. The monoisotopic (exact) mass is 549 g/mol. The number of hydrogen-bond acceptors (Lipinski definition) is 1. The molecule has 0 N–H and O–H groups in total. The minimum atomic E-state index is 1.10. The lowest BCUT2D eigenvalue weighted by molar-refractivity contribution is 1.28. The normalized spacial score (nSPS) is 10.8. The highest BCUT2D eigenvalue weighted by Gasteiger charge is 2.21. The fraction of sp³-hybridized carbons (Fsp3) is 0. The predicted octanol–water partition coefficient (Wildman–Crippen LogP) is 11.8. The zero-order valence-electron chi connectivity index (χ0n) is 23.8. The molecule has 0 atom stereocenters. The highest BCUT2D eigenvalue weighted by molar-refractivity contribution is 5.95. The summed E-state index contributed by atoms with van der Waals surface area (Å²) < 4.78 is 0. The zero-order valence-corrected chi connectivity index (χ0v) is 23.8. The molecule has 1 nitrogen and oxygen atoms in total. The van der Waals surface area contributed by atoms with Crippen molar-refractivity contribution >= 4 is 17.1 Å². The van der Waals surface area contributed by atoms with Gasteiger partial charge in [0.05, 0.1) is 11.4 Å². The smallest absolute Gasteiger partial charge is 0.0546 e. The summed E-state index contributed by atoms with van der Waals surface area (Å²) in [5.41, 5.74) is 12.8. The van der Waals surface area contributed by atoms with Crippen molar-refractivity contribution in [1.29, 1.82) is 0 Å². The molecule has 0 fully saturated rings. The molecule has 0 spiro atoms. The first-order chi connectivity index (χ1) is 21.3. The third-order valence-corrected chi connectivity index (χ3v) is 7.87. The van der Waals surface area contributed by atoms with Gasteiger partial charge in [-0.1, -0.05) is 164 Å². The molecule has 0 amide bonds. The van der Waals surface area contributed by atoms with Gasteiger partial charge in [0.25, 0.3) is 0 Å². The minimum Gasteiger partial charge on any atom is -0.309 e. The molecule has 0 saturated carbocycles. The van der Waals surface area contributed by atoms with Crippen molar-refractivity contribution < 1.29 is 0 Å². The Bertz CT molecular complexity index is 1950. The third kappa shape index (κ3) is 5.49. The Labute approximate surface area is 254 Å². The van der Waals surface area contributed by atoms with Crippen LogP contribution in [0.25, 0.3) is 44.5 Å². The molecule has 204 valence electrons. The highest BCUT2D eigenvalue weighted by atomic mass is 15.1. The molecule has 7 aromatic rings. The molecule has 0 radical (unpaired) electrons. The molecule has 0 saturated heterocycles. The largest absolute Gasteiger partial charge is 0.309 e. The predicted molar refractivity (Wildman–Crippen MR) is 183 cm³/mol. The van der Waals surface area contributed by atoms with Gasteiger partial charge in [-0.25, -0.2) is 0 Å². The third-order valence-electron chi connectivity index (χ3n) is 7.87. The van der Waals surface area contributed by atoms with Crippen molar-refractivity contribution in [2.45, 2.75) is 0 Å². The van der Waals surface area contributed by atoms with Gasteiger partial charge in [-0.3, -0.25) is 0 Å². The first-order valence-corrected chi connectivity index (χ1v) is 14.7. The van der Waals surface area contributed by atoms with Crippen LogP contribution in [0, 0.1) is 0 Å². The van der Waals surface area contributed by atoms with Gasteiger partial charge in [-0.15, -0.1) is 0 Å². The van der Waals surface area contributed by atoms with Gasteiger partial charge in [0.15, 0.2) is 0 Å². The minimum absolute atomic E-state index is 1.10. The van der Waals surface area contributed by atoms with E-state index in [0.29, 0.717) is 0 Å². The first-order valence-electron chi connectivity index (χ1n) is 14.7. The molecule has 0 unspecified atom stereocenters. The summed E-state index contributed by atoms with van der Waals surface area (Å²) in [6, 6.07) is 67.1. The number of anilines is 3. The van der Waals surface area contributed by atoms with E-state index in [9.17, 15) is 0 Å². The molecule has 7 aromatic carbocycles. The molecular formula is C42H31N. The van der Waals surface area contributed by atoms with Gasteiger partial charge in [0, 0.05) is 16.8 Å². The van der Waals surface area contributed by atoms with Crippen LogP contribution < -0.4 is 4.90 Å². The van der Waals surface area contributed by atoms with Gasteiger partial charge in [-0.05, 0) is 57.6 Å². The van der Waals surface area contributed by atoms with Crippen LogP contribution in [0.3, 0.4) is 0 Å². The second-order valence-corrected chi connectivity index (χ2v) is 10.6. The van der Waals surface area contributed by atoms with E-state index in [4.69, 9.17) is 0 Å². The summed E-state index contributed by atoms with van der Waals surface area (Å²) in [6.45, 7) is 0. The van der Waals surface area contributed by atoms with Crippen LogP contribution in [0.4, 0.5) is 17.1 Å². The van der Waals surface area contributed by atoms with Crippen LogP contribution in [0.2, 0.25) is 0 Å². The van der Waals surface area contributed by atoms with Gasteiger partial charge in [0.1, 0.15) is 0 Å².